The molecule has 104 valence electrons. The van der Waals surface area contributed by atoms with Crippen molar-refractivity contribution in [3.63, 3.8) is 0 Å². The molecule has 0 aromatic carbocycles. The molecule has 0 bridgehead atoms. The van der Waals surface area contributed by atoms with Crippen molar-refractivity contribution in [2.75, 3.05) is 24.6 Å². The van der Waals surface area contributed by atoms with Gasteiger partial charge in [-0.1, -0.05) is 20.3 Å². The maximum absolute atomic E-state index is 11.4. The highest BCUT2D eigenvalue weighted by Crippen LogP contribution is 2.05. The van der Waals surface area contributed by atoms with Crippen molar-refractivity contribution in [1.29, 1.82) is 0 Å². The van der Waals surface area contributed by atoms with E-state index < -0.39 is 0 Å². The van der Waals surface area contributed by atoms with Crippen LogP contribution in [0.25, 0.3) is 0 Å². The number of carbonyl (C=O) groups excluding carboxylic acids is 1. The normalized spacial score (nSPS) is 11.7. The van der Waals surface area contributed by atoms with Crippen LogP contribution >= 0.6 is 24.2 Å². The fraction of sp³-hybridized carbons (Fsp3) is 0.917. The molecule has 0 rings (SSSR count). The third-order valence-electron chi connectivity index (χ3n) is 2.27. The predicted molar refractivity (Wildman–Crippen MR) is 80.2 cm³/mol. The Labute approximate surface area is 116 Å². The number of thioether (sulfide) groups is 1. The number of rotatable bonds is 10. The van der Waals surface area contributed by atoms with Crippen LogP contribution in [0.5, 0.6) is 0 Å². The number of nitrogens with one attached hydrogen (secondary N) is 2. The van der Waals surface area contributed by atoms with Crippen molar-refractivity contribution in [2.24, 2.45) is 0 Å². The Morgan fingerprint density at radius 3 is 2.59 bits per heavy atom. The summed E-state index contributed by atoms with van der Waals surface area (Å²) in [6.45, 7) is 8.02. The molecule has 0 fully saturated rings. The van der Waals surface area contributed by atoms with Crippen molar-refractivity contribution in [3.05, 3.63) is 0 Å². The molecule has 3 nitrogen and oxygen atoms in total. The Morgan fingerprint density at radius 2 is 2.00 bits per heavy atom. The van der Waals surface area contributed by atoms with Crippen LogP contribution in [-0.2, 0) is 4.79 Å². The number of carbonyl (C=O) groups is 1. The minimum absolute atomic E-state index is 0. The average Bonchev–Trinajstić information content (AvgIpc) is 2.26. The van der Waals surface area contributed by atoms with Gasteiger partial charge in [-0.2, -0.15) is 11.8 Å². The van der Waals surface area contributed by atoms with E-state index in [1.54, 1.807) is 0 Å². The smallest absolute Gasteiger partial charge is 0.220 e. The fourth-order valence-electron chi connectivity index (χ4n) is 1.29. The molecular weight excluding hydrogens is 256 g/mol. The summed E-state index contributed by atoms with van der Waals surface area (Å²) in [4.78, 5) is 11.4. The number of hydrogen-bond donors (Lipinski definition) is 2. The van der Waals surface area contributed by atoms with Crippen LogP contribution in [0.1, 0.15) is 40.0 Å². The SMILES string of the molecule is CCCCSCCC(=O)NC[C@@H](C)NCC.Cl. The van der Waals surface area contributed by atoms with Gasteiger partial charge in [-0.25, -0.2) is 0 Å². The van der Waals surface area contributed by atoms with E-state index in [0.717, 1.165) is 18.8 Å². The van der Waals surface area contributed by atoms with Crippen LogP contribution in [0.15, 0.2) is 0 Å². The molecule has 0 aliphatic carbocycles. The highest BCUT2D eigenvalue weighted by atomic mass is 35.5. The minimum Gasteiger partial charge on any atom is -0.355 e. The van der Waals surface area contributed by atoms with E-state index in [1.165, 1.54) is 18.6 Å². The Balaban J connectivity index is 0. The number of halogens is 1. The van der Waals surface area contributed by atoms with E-state index in [4.69, 9.17) is 0 Å². The summed E-state index contributed by atoms with van der Waals surface area (Å²) in [5.41, 5.74) is 0. The minimum atomic E-state index is 0. The summed E-state index contributed by atoms with van der Waals surface area (Å²) < 4.78 is 0. The lowest BCUT2D eigenvalue weighted by Crippen LogP contribution is -2.38. The van der Waals surface area contributed by atoms with Crippen molar-refractivity contribution in [1.82, 2.24) is 10.6 Å². The molecular formula is C12H27ClN2OS. The number of amides is 1. The zero-order valence-corrected chi connectivity index (χ0v) is 12.9. The van der Waals surface area contributed by atoms with E-state index in [2.05, 4.69) is 31.4 Å². The van der Waals surface area contributed by atoms with Crippen LogP contribution in [0.4, 0.5) is 0 Å². The molecule has 0 spiro atoms. The van der Waals surface area contributed by atoms with Crippen LogP contribution in [-0.4, -0.2) is 36.5 Å². The maximum atomic E-state index is 11.4. The highest BCUT2D eigenvalue weighted by Gasteiger charge is 2.03. The second-order valence-electron chi connectivity index (χ2n) is 3.98. The van der Waals surface area contributed by atoms with E-state index in [-0.39, 0.29) is 18.3 Å². The molecule has 0 radical (unpaired) electrons. The van der Waals surface area contributed by atoms with Crippen molar-refractivity contribution in [2.45, 2.75) is 46.1 Å². The van der Waals surface area contributed by atoms with Crippen LogP contribution in [0.3, 0.4) is 0 Å². The topological polar surface area (TPSA) is 41.1 Å². The third kappa shape index (κ3) is 14.0. The van der Waals surface area contributed by atoms with Crippen LogP contribution in [0.2, 0.25) is 0 Å². The number of likely N-dealkylation sites (N-methyl/N-ethyl adjacent to an activating group) is 1. The monoisotopic (exact) mass is 282 g/mol. The molecule has 0 saturated carbocycles. The third-order valence-corrected chi connectivity index (χ3v) is 3.34. The van der Waals surface area contributed by atoms with Gasteiger partial charge in [0.1, 0.15) is 0 Å². The lowest BCUT2D eigenvalue weighted by Gasteiger charge is -2.13. The van der Waals surface area contributed by atoms with Gasteiger partial charge in [-0.3, -0.25) is 4.79 Å². The van der Waals surface area contributed by atoms with Gasteiger partial charge in [-0.15, -0.1) is 12.4 Å². The molecule has 1 atom stereocenters. The summed E-state index contributed by atoms with van der Waals surface area (Å²) in [6.07, 6.45) is 3.14. The fourth-order valence-corrected chi connectivity index (χ4v) is 2.32. The van der Waals surface area contributed by atoms with Crippen molar-refractivity contribution >= 4 is 30.1 Å². The Bertz CT molecular complexity index is 182. The predicted octanol–water partition coefficient (Wildman–Crippen LogP) is 2.45. The molecule has 1 amide bonds. The molecule has 5 heteroatoms. The summed E-state index contributed by atoms with van der Waals surface area (Å²) >= 11 is 1.87. The maximum Gasteiger partial charge on any atom is 0.220 e. The summed E-state index contributed by atoms with van der Waals surface area (Å²) in [5, 5.41) is 6.21. The van der Waals surface area contributed by atoms with E-state index in [1.807, 2.05) is 11.8 Å². The summed E-state index contributed by atoms with van der Waals surface area (Å²) in [7, 11) is 0. The van der Waals surface area contributed by atoms with Gasteiger partial charge in [0.15, 0.2) is 0 Å². The van der Waals surface area contributed by atoms with E-state index in [0.29, 0.717) is 12.5 Å². The molecule has 0 aliphatic rings. The molecule has 0 heterocycles. The van der Waals surface area contributed by atoms with E-state index >= 15 is 0 Å². The Morgan fingerprint density at radius 1 is 1.29 bits per heavy atom. The lowest BCUT2D eigenvalue weighted by atomic mass is 10.3. The average molecular weight is 283 g/mol. The van der Waals surface area contributed by atoms with Gasteiger partial charge in [0.25, 0.3) is 0 Å². The number of unbranched alkanes of at least 4 members (excludes halogenated alkanes) is 1. The van der Waals surface area contributed by atoms with Gasteiger partial charge in [0.2, 0.25) is 5.91 Å². The molecule has 0 aromatic heterocycles. The number of hydrogen-bond acceptors (Lipinski definition) is 3. The van der Waals surface area contributed by atoms with Crippen molar-refractivity contribution < 1.29 is 4.79 Å². The Hall–Kier alpha value is 0.0700. The molecule has 0 saturated heterocycles. The first-order chi connectivity index (χ1) is 7.70. The quantitative estimate of drug-likeness (QED) is 0.605. The van der Waals surface area contributed by atoms with Gasteiger partial charge in [-0.05, 0) is 25.6 Å². The standard InChI is InChI=1S/C12H26N2OS.ClH/c1-4-6-8-16-9-7-12(15)14-10-11(3)13-5-2;/h11,13H,4-10H2,1-3H3,(H,14,15);1H/t11-;/m1./s1. The first kappa shape index (κ1) is 19.4. The van der Waals surface area contributed by atoms with Crippen LogP contribution in [0, 0.1) is 0 Å². The second kappa shape index (κ2) is 14.1. The Kier molecular flexibility index (Phi) is 16.1. The van der Waals surface area contributed by atoms with Gasteiger partial charge >= 0.3 is 0 Å². The zero-order chi connectivity index (χ0) is 12.2. The molecule has 0 aliphatic heterocycles. The van der Waals surface area contributed by atoms with Gasteiger partial charge in [0, 0.05) is 24.8 Å². The van der Waals surface area contributed by atoms with Crippen molar-refractivity contribution in [3.8, 4) is 0 Å². The van der Waals surface area contributed by atoms with Gasteiger partial charge < -0.3 is 10.6 Å². The lowest BCUT2D eigenvalue weighted by molar-refractivity contribution is -0.120. The van der Waals surface area contributed by atoms with Crippen LogP contribution < -0.4 is 10.6 Å². The first-order valence-electron chi connectivity index (χ1n) is 6.28. The molecule has 0 unspecified atom stereocenters. The zero-order valence-electron chi connectivity index (χ0n) is 11.3. The largest absolute Gasteiger partial charge is 0.355 e. The molecule has 0 aromatic rings. The second-order valence-corrected chi connectivity index (χ2v) is 5.20. The molecule has 17 heavy (non-hydrogen) atoms. The molecule has 2 N–H and O–H groups in total. The van der Waals surface area contributed by atoms with Gasteiger partial charge in [0.05, 0.1) is 0 Å². The highest BCUT2D eigenvalue weighted by molar-refractivity contribution is 7.99. The summed E-state index contributed by atoms with van der Waals surface area (Å²) in [6, 6.07) is 0.363. The first-order valence-corrected chi connectivity index (χ1v) is 7.44. The van der Waals surface area contributed by atoms with E-state index in [9.17, 15) is 4.79 Å². The summed E-state index contributed by atoms with van der Waals surface area (Å²) in [5.74, 6) is 2.30.